The van der Waals surface area contributed by atoms with Crippen LogP contribution in [0.15, 0.2) is 349 Å². The number of para-hydroxylation sites is 4. The third kappa shape index (κ3) is 9.81. The van der Waals surface area contributed by atoms with E-state index in [0.717, 1.165) is 116 Å². The molecule has 0 fully saturated rings. The van der Waals surface area contributed by atoms with Crippen molar-refractivity contribution in [3.05, 3.63) is 351 Å². The molecule has 10 heteroatoms. The Labute approximate surface area is 624 Å². The molecule has 10 nitrogen and oxygen atoms in total. The van der Waals surface area contributed by atoms with Gasteiger partial charge >= 0.3 is 0 Å². The molecule has 1 aliphatic carbocycles. The highest BCUT2D eigenvalue weighted by Crippen LogP contribution is 2.51. The first-order chi connectivity index (χ1) is 53.8. The van der Waals surface area contributed by atoms with Crippen LogP contribution in [0.3, 0.4) is 0 Å². The summed E-state index contributed by atoms with van der Waals surface area (Å²) in [6, 6.07) is 119. The topological polar surface area (TPSA) is 113 Å². The van der Waals surface area contributed by atoms with Crippen LogP contribution in [0.2, 0.25) is 0 Å². The predicted octanol–water partition coefficient (Wildman–Crippen LogP) is 25.5. The van der Waals surface area contributed by atoms with E-state index in [1.165, 1.54) is 70.9 Å². The van der Waals surface area contributed by atoms with Gasteiger partial charge in [0, 0.05) is 82.1 Å². The third-order valence-electron chi connectivity index (χ3n) is 22.3. The van der Waals surface area contributed by atoms with E-state index in [1.807, 2.05) is 133 Å². The molecule has 16 aromatic carbocycles. The first-order valence-corrected chi connectivity index (χ1v) is 36.9. The van der Waals surface area contributed by atoms with E-state index in [9.17, 15) is 0 Å². The highest BCUT2D eigenvalue weighted by molar-refractivity contribution is 6.26. The Morgan fingerprint density at radius 3 is 1.02 bits per heavy atom. The maximum absolute atomic E-state index is 6.84. The van der Waals surface area contributed by atoms with Crippen molar-refractivity contribution in [2.45, 2.75) is 19.3 Å². The Morgan fingerprint density at radius 1 is 0.220 bits per heavy atom. The van der Waals surface area contributed by atoms with E-state index < -0.39 is 0 Å². The molecule has 0 bridgehead atoms. The number of nitrogens with zero attached hydrogens (tertiary/aromatic N) is 8. The van der Waals surface area contributed by atoms with Gasteiger partial charge in [0.2, 0.25) is 0 Å². The molecule has 22 aromatic rings. The van der Waals surface area contributed by atoms with Crippen LogP contribution in [0.1, 0.15) is 25.0 Å². The fourth-order valence-corrected chi connectivity index (χ4v) is 17.2. The average molecular weight is 1400 g/mol. The first-order valence-electron chi connectivity index (χ1n) is 36.9. The molecule has 0 atom stereocenters. The van der Waals surface area contributed by atoms with Gasteiger partial charge in [-0.15, -0.1) is 0 Å². The Bertz CT molecular complexity index is 7350. The van der Waals surface area contributed by atoms with E-state index in [1.54, 1.807) is 0 Å². The van der Waals surface area contributed by atoms with Crippen LogP contribution < -0.4 is 0 Å². The molecule has 23 rings (SSSR count). The lowest BCUT2D eigenvalue weighted by molar-refractivity contribution is 0.660. The Balaban J connectivity index is 0.000000135. The molecule has 0 amide bonds. The average Bonchev–Trinajstić information content (AvgIpc) is 1.62. The smallest absolute Gasteiger partial charge is 0.167 e. The van der Waals surface area contributed by atoms with Crippen molar-refractivity contribution in [3.63, 3.8) is 0 Å². The Kier molecular flexibility index (Phi) is 13.8. The number of fused-ring (bicyclic) bond motifs is 21. The van der Waals surface area contributed by atoms with E-state index in [-0.39, 0.29) is 5.41 Å². The van der Waals surface area contributed by atoms with Crippen molar-refractivity contribution in [3.8, 4) is 90.8 Å². The standard InChI is InChI=1S/C51H30N4O.C48H32N4O/c1-3-14-31(15-4-1)49-52-50(32-16-5-2-6-17-32)54-51(53-49)41-24-13-23-40-44-29-46-43(30-47(44)56-48(40)41)39-22-11-12-25-45(39)55(46)33-26-27-38-36-20-8-7-18-34(36)35-19-9-10-21-37(35)42(38)28-33;1-48(2)39-22-11-9-18-32(39)33-25-24-31(26-40(33)48)52-41-23-12-10-19-34(41)37-28-43-38(27-42(37)52)35-20-13-21-36(44(35)53-43)47-50-45(29-14-5-3-6-15-29)49-46(51-47)30-16-7-4-8-17-30/h1-30H;3-28H,1-2H3. The molecule has 0 spiro atoms. The summed E-state index contributed by atoms with van der Waals surface area (Å²) >= 11 is 0. The van der Waals surface area contributed by atoms with Crippen molar-refractivity contribution >= 4 is 120 Å². The summed E-state index contributed by atoms with van der Waals surface area (Å²) in [4.78, 5) is 30.0. The Hall–Kier alpha value is -14.5. The van der Waals surface area contributed by atoms with Gasteiger partial charge in [-0.05, 0) is 127 Å². The van der Waals surface area contributed by atoms with Gasteiger partial charge < -0.3 is 18.0 Å². The van der Waals surface area contributed by atoms with Crippen molar-refractivity contribution in [2.24, 2.45) is 0 Å². The van der Waals surface area contributed by atoms with Gasteiger partial charge in [0.05, 0.1) is 33.2 Å². The van der Waals surface area contributed by atoms with E-state index >= 15 is 0 Å². The maximum atomic E-state index is 6.84. The summed E-state index contributed by atoms with van der Waals surface area (Å²) in [5.74, 6) is 3.61. The second-order valence-electron chi connectivity index (χ2n) is 28.8. The molecule has 109 heavy (non-hydrogen) atoms. The van der Waals surface area contributed by atoms with Gasteiger partial charge in [-0.2, -0.15) is 0 Å². The second-order valence-corrected chi connectivity index (χ2v) is 28.8. The van der Waals surface area contributed by atoms with Gasteiger partial charge in [-0.25, -0.2) is 29.9 Å². The summed E-state index contributed by atoms with van der Waals surface area (Å²) in [7, 11) is 0. The van der Waals surface area contributed by atoms with E-state index in [0.29, 0.717) is 34.9 Å². The van der Waals surface area contributed by atoms with Crippen LogP contribution in [-0.4, -0.2) is 39.0 Å². The largest absolute Gasteiger partial charge is 0.455 e. The quantitative estimate of drug-likeness (QED) is 0.138. The number of hydrogen-bond donors (Lipinski definition) is 0. The lowest BCUT2D eigenvalue weighted by atomic mass is 9.82. The van der Waals surface area contributed by atoms with E-state index in [2.05, 4.69) is 229 Å². The molecule has 6 aromatic heterocycles. The molecule has 0 saturated carbocycles. The molecule has 0 radical (unpaired) electrons. The minimum Gasteiger partial charge on any atom is -0.455 e. The fraction of sp³-hybridized carbons (Fsp3) is 0.0303. The highest BCUT2D eigenvalue weighted by Gasteiger charge is 2.36. The third-order valence-corrected chi connectivity index (χ3v) is 22.3. The predicted molar refractivity (Wildman–Crippen MR) is 446 cm³/mol. The number of furan rings is 2. The summed E-state index contributed by atoms with van der Waals surface area (Å²) < 4.78 is 18.5. The van der Waals surface area contributed by atoms with Crippen molar-refractivity contribution in [1.29, 1.82) is 0 Å². The normalized spacial score (nSPS) is 12.6. The zero-order chi connectivity index (χ0) is 72.0. The lowest BCUT2D eigenvalue weighted by Gasteiger charge is -2.22. The van der Waals surface area contributed by atoms with E-state index in [4.69, 9.17) is 38.7 Å². The molecule has 0 aliphatic heterocycles. The minimum atomic E-state index is -0.0963. The van der Waals surface area contributed by atoms with Gasteiger partial charge in [-0.3, -0.25) is 0 Å². The van der Waals surface area contributed by atoms with Crippen molar-refractivity contribution in [2.75, 3.05) is 0 Å². The van der Waals surface area contributed by atoms with Crippen LogP contribution in [0.25, 0.3) is 211 Å². The van der Waals surface area contributed by atoms with Gasteiger partial charge in [0.25, 0.3) is 0 Å². The second kappa shape index (κ2) is 24.3. The summed E-state index contributed by atoms with van der Waals surface area (Å²) in [6.45, 7) is 4.67. The summed E-state index contributed by atoms with van der Waals surface area (Å²) in [5, 5.41) is 16.3. The van der Waals surface area contributed by atoms with Crippen LogP contribution >= 0.6 is 0 Å². The van der Waals surface area contributed by atoms with Crippen LogP contribution in [0.5, 0.6) is 0 Å². The lowest BCUT2D eigenvalue weighted by Crippen LogP contribution is -2.15. The first kappa shape index (κ1) is 61.9. The number of aromatic nitrogens is 8. The maximum Gasteiger partial charge on any atom is 0.167 e. The molecule has 0 N–H and O–H groups in total. The number of benzene rings is 16. The molecule has 1 aliphatic rings. The molecular weight excluding hydrogens is 1330 g/mol. The van der Waals surface area contributed by atoms with Crippen LogP contribution in [-0.2, 0) is 5.41 Å². The zero-order valence-corrected chi connectivity index (χ0v) is 59.2. The molecule has 510 valence electrons. The SMILES string of the molecule is CC1(C)c2ccccc2-c2ccc(-n3c4ccccc4c4cc5oc6c(-c7nc(-c8ccccc8)nc(-c8ccccc8)n7)cccc6c5cc43)cc21.c1ccc(-c2nc(-c3ccccc3)nc(-c3cccc4c3oc3cc5c6ccccc6n(-c6ccc7c8ccccc8c8ccccc8c7c6)c5cc34)n2)cc1. The van der Waals surface area contributed by atoms with Crippen molar-refractivity contribution < 1.29 is 8.83 Å². The highest BCUT2D eigenvalue weighted by atomic mass is 16.3. The minimum absolute atomic E-state index is 0.0963. The number of hydrogen-bond acceptors (Lipinski definition) is 8. The molecule has 6 heterocycles. The summed E-state index contributed by atoms with van der Waals surface area (Å²) in [5.41, 5.74) is 20.6. The zero-order valence-electron chi connectivity index (χ0n) is 59.2. The molecule has 0 unspecified atom stereocenters. The van der Waals surface area contributed by atoms with Crippen LogP contribution in [0, 0.1) is 0 Å². The van der Waals surface area contributed by atoms with Crippen LogP contribution in [0.4, 0.5) is 0 Å². The monoisotopic (exact) mass is 1390 g/mol. The number of rotatable bonds is 8. The van der Waals surface area contributed by atoms with Crippen molar-refractivity contribution in [1.82, 2.24) is 39.0 Å². The van der Waals surface area contributed by atoms with Gasteiger partial charge in [0.1, 0.15) is 22.3 Å². The molecule has 0 saturated heterocycles. The summed E-state index contributed by atoms with van der Waals surface area (Å²) in [6.07, 6.45) is 0. The fourth-order valence-electron chi connectivity index (χ4n) is 17.2. The van der Waals surface area contributed by atoms with Gasteiger partial charge in [-0.1, -0.05) is 281 Å². The molecular formula is C99H62N8O2. The Morgan fingerprint density at radius 2 is 0.560 bits per heavy atom. The van der Waals surface area contributed by atoms with Gasteiger partial charge in [0.15, 0.2) is 34.9 Å².